The van der Waals surface area contributed by atoms with Gasteiger partial charge in [0.15, 0.2) is 0 Å². The highest BCUT2D eigenvalue weighted by molar-refractivity contribution is 5.78. The van der Waals surface area contributed by atoms with Crippen molar-refractivity contribution in [2.45, 2.75) is 13.3 Å². The highest BCUT2D eigenvalue weighted by atomic mass is 15.1. The van der Waals surface area contributed by atoms with Crippen LogP contribution in [0.5, 0.6) is 0 Å². The Labute approximate surface area is 77.5 Å². The zero-order valence-corrected chi connectivity index (χ0v) is 7.70. The van der Waals surface area contributed by atoms with Crippen molar-refractivity contribution in [1.29, 1.82) is 0 Å². The fraction of sp³-hybridized carbons (Fsp3) is 0.182. The van der Waals surface area contributed by atoms with Crippen LogP contribution in [0.4, 0.5) is 0 Å². The zero-order valence-electron chi connectivity index (χ0n) is 7.70. The van der Waals surface area contributed by atoms with Crippen molar-refractivity contribution in [3.05, 3.63) is 36.7 Å². The molecule has 2 nitrogen and oxygen atoms in total. The number of hydrogen-bond donors (Lipinski definition) is 0. The van der Waals surface area contributed by atoms with E-state index in [1.165, 1.54) is 0 Å². The summed E-state index contributed by atoms with van der Waals surface area (Å²) in [5, 5.41) is 0. The minimum atomic E-state index is 0.931. The van der Waals surface area contributed by atoms with E-state index in [0.717, 1.165) is 23.3 Å². The van der Waals surface area contributed by atoms with Crippen molar-refractivity contribution in [3.8, 4) is 0 Å². The summed E-state index contributed by atoms with van der Waals surface area (Å²) in [7, 11) is 0. The number of imidazole rings is 1. The van der Waals surface area contributed by atoms with Crippen LogP contribution in [-0.4, -0.2) is 9.55 Å². The molecule has 1 aromatic heterocycles. The third-order valence-electron chi connectivity index (χ3n) is 2.17. The van der Waals surface area contributed by atoms with Crippen LogP contribution in [0.1, 0.15) is 12.7 Å². The smallest absolute Gasteiger partial charge is 0.113 e. The summed E-state index contributed by atoms with van der Waals surface area (Å²) < 4.78 is 2.04. The first-order chi connectivity index (χ1) is 6.36. The van der Waals surface area contributed by atoms with Gasteiger partial charge in [-0.25, -0.2) is 4.98 Å². The molecule has 0 saturated carbocycles. The molecule has 0 saturated heterocycles. The van der Waals surface area contributed by atoms with Crippen LogP contribution in [0.3, 0.4) is 0 Å². The van der Waals surface area contributed by atoms with E-state index < -0.39 is 0 Å². The van der Waals surface area contributed by atoms with Crippen LogP contribution in [0.15, 0.2) is 30.8 Å². The molecule has 2 rings (SSSR count). The Kier molecular flexibility index (Phi) is 1.89. The summed E-state index contributed by atoms with van der Waals surface area (Å²) in [6.07, 6.45) is 2.74. The fourth-order valence-electron chi connectivity index (χ4n) is 1.55. The summed E-state index contributed by atoms with van der Waals surface area (Å²) in [6, 6.07) is 8.10. The van der Waals surface area contributed by atoms with Gasteiger partial charge in [-0.3, -0.25) is 0 Å². The van der Waals surface area contributed by atoms with Crippen molar-refractivity contribution >= 4 is 17.2 Å². The zero-order chi connectivity index (χ0) is 9.26. The van der Waals surface area contributed by atoms with E-state index in [1.807, 2.05) is 29.0 Å². The molecule has 0 bridgehead atoms. The molecule has 0 amide bonds. The maximum Gasteiger partial charge on any atom is 0.113 e. The average molecular weight is 172 g/mol. The molecule has 2 heteroatoms. The number of fused-ring (bicyclic) bond motifs is 1. The molecule has 13 heavy (non-hydrogen) atoms. The van der Waals surface area contributed by atoms with Gasteiger partial charge in [-0.05, 0) is 12.1 Å². The van der Waals surface area contributed by atoms with E-state index in [2.05, 4.69) is 24.6 Å². The Morgan fingerprint density at radius 2 is 2.23 bits per heavy atom. The van der Waals surface area contributed by atoms with Crippen molar-refractivity contribution in [2.75, 3.05) is 0 Å². The molecule has 1 aromatic carbocycles. The molecule has 0 spiro atoms. The lowest BCUT2D eigenvalue weighted by Crippen LogP contribution is -1.92. The first-order valence-electron chi connectivity index (χ1n) is 4.45. The van der Waals surface area contributed by atoms with Gasteiger partial charge in [0, 0.05) is 12.6 Å². The highest BCUT2D eigenvalue weighted by Crippen LogP contribution is 2.15. The monoisotopic (exact) mass is 172 g/mol. The second-order valence-electron chi connectivity index (χ2n) is 2.92. The molecule has 0 N–H and O–H groups in total. The fourth-order valence-corrected chi connectivity index (χ4v) is 1.55. The first kappa shape index (κ1) is 8.05. The van der Waals surface area contributed by atoms with Crippen LogP contribution < -0.4 is 0 Å². The number of aromatic nitrogens is 2. The third kappa shape index (κ3) is 1.15. The van der Waals surface area contributed by atoms with E-state index in [0.29, 0.717) is 0 Å². The predicted molar refractivity (Wildman–Crippen MR) is 55.5 cm³/mol. The molecule has 0 atom stereocenters. The SMILES string of the molecule is C=Cn1c(CC)nc2ccccc21. The molecule has 2 aromatic rings. The van der Waals surface area contributed by atoms with Gasteiger partial charge in [-0.15, -0.1) is 0 Å². The Morgan fingerprint density at radius 3 is 2.92 bits per heavy atom. The maximum absolute atomic E-state index is 4.49. The molecule has 1 heterocycles. The lowest BCUT2D eigenvalue weighted by atomic mass is 10.3. The van der Waals surface area contributed by atoms with Gasteiger partial charge in [0.25, 0.3) is 0 Å². The summed E-state index contributed by atoms with van der Waals surface area (Å²) in [6.45, 7) is 5.88. The van der Waals surface area contributed by atoms with Crippen LogP contribution in [-0.2, 0) is 6.42 Å². The second kappa shape index (κ2) is 3.05. The van der Waals surface area contributed by atoms with Crippen LogP contribution >= 0.6 is 0 Å². The van der Waals surface area contributed by atoms with Crippen molar-refractivity contribution in [2.24, 2.45) is 0 Å². The minimum Gasteiger partial charge on any atom is -0.304 e. The van der Waals surface area contributed by atoms with E-state index in [1.54, 1.807) is 0 Å². The summed E-state index contributed by atoms with van der Waals surface area (Å²) in [4.78, 5) is 4.49. The lowest BCUT2D eigenvalue weighted by molar-refractivity contribution is 0.939. The van der Waals surface area contributed by atoms with Crippen LogP contribution in [0.25, 0.3) is 17.2 Å². The summed E-state index contributed by atoms with van der Waals surface area (Å²) in [5.41, 5.74) is 2.17. The third-order valence-corrected chi connectivity index (χ3v) is 2.17. The molecule has 0 radical (unpaired) electrons. The van der Waals surface area contributed by atoms with E-state index in [-0.39, 0.29) is 0 Å². The molecule has 0 aliphatic carbocycles. The quantitative estimate of drug-likeness (QED) is 0.681. The number of para-hydroxylation sites is 2. The van der Waals surface area contributed by atoms with Crippen molar-refractivity contribution < 1.29 is 0 Å². The molecule has 0 unspecified atom stereocenters. The van der Waals surface area contributed by atoms with E-state index in [4.69, 9.17) is 0 Å². The number of nitrogens with zero attached hydrogens (tertiary/aromatic N) is 2. The predicted octanol–water partition coefficient (Wildman–Crippen LogP) is 2.70. The van der Waals surface area contributed by atoms with E-state index in [9.17, 15) is 0 Å². The van der Waals surface area contributed by atoms with Gasteiger partial charge in [0.1, 0.15) is 5.82 Å². The van der Waals surface area contributed by atoms with Gasteiger partial charge >= 0.3 is 0 Å². The molecular formula is C11H12N2. The molecule has 0 aliphatic heterocycles. The maximum atomic E-state index is 4.49. The average Bonchev–Trinajstić information content (AvgIpc) is 2.55. The topological polar surface area (TPSA) is 17.8 Å². The Balaban J connectivity index is 2.81. The van der Waals surface area contributed by atoms with Gasteiger partial charge in [0.2, 0.25) is 0 Å². The summed E-state index contributed by atoms with van der Waals surface area (Å²) >= 11 is 0. The van der Waals surface area contributed by atoms with Gasteiger partial charge in [-0.1, -0.05) is 25.6 Å². The molecule has 66 valence electrons. The number of rotatable bonds is 2. The minimum absolute atomic E-state index is 0.931. The summed E-state index contributed by atoms with van der Waals surface area (Å²) in [5.74, 6) is 1.07. The Bertz CT molecular complexity index is 440. The number of hydrogen-bond acceptors (Lipinski definition) is 1. The standard InChI is InChI=1S/C11H12N2/c1-3-11-12-9-7-5-6-8-10(9)13(11)4-2/h4-8H,2-3H2,1H3. The van der Waals surface area contributed by atoms with Crippen molar-refractivity contribution in [1.82, 2.24) is 9.55 Å². The number of benzene rings is 1. The molecular weight excluding hydrogens is 160 g/mol. The molecule has 0 aliphatic rings. The van der Waals surface area contributed by atoms with Crippen LogP contribution in [0, 0.1) is 0 Å². The van der Waals surface area contributed by atoms with Crippen LogP contribution in [0.2, 0.25) is 0 Å². The van der Waals surface area contributed by atoms with Gasteiger partial charge < -0.3 is 4.57 Å². The van der Waals surface area contributed by atoms with Crippen molar-refractivity contribution in [3.63, 3.8) is 0 Å². The normalized spacial score (nSPS) is 10.5. The Morgan fingerprint density at radius 1 is 1.46 bits per heavy atom. The Hall–Kier alpha value is -1.57. The molecule has 0 fully saturated rings. The largest absolute Gasteiger partial charge is 0.304 e. The second-order valence-corrected chi connectivity index (χ2v) is 2.92. The first-order valence-corrected chi connectivity index (χ1v) is 4.45. The van der Waals surface area contributed by atoms with E-state index >= 15 is 0 Å². The number of aryl methyl sites for hydroxylation is 1. The van der Waals surface area contributed by atoms with Gasteiger partial charge in [-0.2, -0.15) is 0 Å². The highest BCUT2D eigenvalue weighted by Gasteiger charge is 2.04. The lowest BCUT2D eigenvalue weighted by Gasteiger charge is -1.98. The van der Waals surface area contributed by atoms with Gasteiger partial charge in [0.05, 0.1) is 11.0 Å².